The average molecular weight is 256 g/mol. The van der Waals surface area contributed by atoms with Crippen LogP contribution in [0.4, 0.5) is 0 Å². The number of nitrogens with one attached hydrogen (secondary N) is 1. The maximum absolute atomic E-state index is 10.5. The van der Waals surface area contributed by atoms with Gasteiger partial charge in [-0.3, -0.25) is 4.79 Å². The van der Waals surface area contributed by atoms with E-state index >= 15 is 0 Å². The highest BCUT2D eigenvalue weighted by atomic mass is 16.5. The van der Waals surface area contributed by atoms with Gasteiger partial charge in [-0.1, -0.05) is 6.42 Å². The number of hydrogen-bond acceptors (Lipinski definition) is 4. The fourth-order valence-electron chi connectivity index (χ4n) is 3.31. The summed E-state index contributed by atoms with van der Waals surface area (Å²) >= 11 is 0. The molecule has 1 aliphatic heterocycles. The maximum atomic E-state index is 10.5. The number of hydrogen-bond donors (Lipinski definition) is 2. The van der Waals surface area contributed by atoms with E-state index in [2.05, 4.69) is 5.32 Å². The van der Waals surface area contributed by atoms with E-state index in [4.69, 9.17) is 15.2 Å². The molecule has 1 saturated heterocycles. The van der Waals surface area contributed by atoms with Crippen LogP contribution in [0.1, 0.15) is 32.1 Å². The molecule has 2 rings (SSSR count). The number of ether oxygens (including phenoxy) is 2. The van der Waals surface area contributed by atoms with Crippen LogP contribution in [0.15, 0.2) is 0 Å². The van der Waals surface area contributed by atoms with E-state index in [-0.39, 0.29) is 6.61 Å². The van der Waals surface area contributed by atoms with Crippen molar-refractivity contribution in [2.45, 2.75) is 38.1 Å². The van der Waals surface area contributed by atoms with Crippen LogP contribution >= 0.6 is 0 Å². The van der Waals surface area contributed by atoms with Gasteiger partial charge in [0.2, 0.25) is 5.91 Å². The van der Waals surface area contributed by atoms with Gasteiger partial charge in [0.05, 0.1) is 6.61 Å². The van der Waals surface area contributed by atoms with Crippen molar-refractivity contribution < 1.29 is 14.3 Å². The maximum Gasteiger partial charge on any atom is 0.243 e. The molecule has 0 radical (unpaired) electrons. The van der Waals surface area contributed by atoms with Gasteiger partial charge < -0.3 is 20.5 Å². The molecule has 3 N–H and O–H groups in total. The zero-order valence-electron chi connectivity index (χ0n) is 11.0. The Morgan fingerprint density at radius 3 is 2.89 bits per heavy atom. The van der Waals surface area contributed by atoms with Crippen LogP contribution in [0.25, 0.3) is 0 Å². The second-order valence-electron chi connectivity index (χ2n) is 5.39. The minimum Gasteiger partial charge on any atom is -0.381 e. The molecule has 2 aliphatic rings. The van der Waals surface area contributed by atoms with Crippen LogP contribution < -0.4 is 11.1 Å². The van der Waals surface area contributed by atoms with Gasteiger partial charge in [-0.15, -0.1) is 0 Å². The Hall–Kier alpha value is -0.650. The van der Waals surface area contributed by atoms with E-state index in [0.717, 1.165) is 19.8 Å². The first-order valence-corrected chi connectivity index (χ1v) is 6.90. The first-order chi connectivity index (χ1) is 8.73. The van der Waals surface area contributed by atoms with Crippen LogP contribution in [0.3, 0.4) is 0 Å². The number of nitrogens with two attached hydrogens (primary N) is 1. The fraction of sp³-hybridized carbons (Fsp3) is 0.923. The average Bonchev–Trinajstić information content (AvgIpc) is 2.72. The molecule has 1 unspecified atom stereocenters. The molecule has 1 amide bonds. The molecule has 1 spiro atoms. The summed E-state index contributed by atoms with van der Waals surface area (Å²) in [7, 11) is 0. The molecule has 1 heterocycles. The largest absolute Gasteiger partial charge is 0.381 e. The third-order valence-electron chi connectivity index (χ3n) is 4.28. The Morgan fingerprint density at radius 1 is 1.39 bits per heavy atom. The lowest BCUT2D eigenvalue weighted by Crippen LogP contribution is -2.45. The van der Waals surface area contributed by atoms with Crippen molar-refractivity contribution in [3.63, 3.8) is 0 Å². The zero-order valence-corrected chi connectivity index (χ0v) is 11.0. The lowest BCUT2D eigenvalue weighted by molar-refractivity contribution is -0.122. The summed E-state index contributed by atoms with van der Waals surface area (Å²) in [6.45, 7) is 3.16. The van der Waals surface area contributed by atoms with E-state index in [9.17, 15) is 4.79 Å². The summed E-state index contributed by atoms with van der Waals surface area (Å²) in [4.78, 5) is 10.5. The van der Waals surface area contributed by atoms with E-state index < -0.39 is 5.91 Å². The summed E-state index contributed by atoms with van der Waals surface area (Å²) < 4.78 is 10.6. The highest BCUT2D eigenvalue weighted by Crippen LogP contribution is 2.45. The van der Waals surface area contributed by atoms with Crippen LogP contribution in [-0.2, 0) is 14.3 Å². The summed E-state index contributed by atoms with van der Waals surface area (Å²) in [6.07, 6.45) is 6.21. The SMILES string of the molecule is NC(=O)COCCNC1CCCC12CCOCC2. The smallest absolute Gasteiger partial charge is 0.243 e. The normalized spacial score (nSPS) is 26.6. The number of carbonyl (C=O) groups is 1. The first kappa shape index (κ1) is 13.8. The van der Waals surface area contributed by atoms with Gasteiger partial charge in [0, 0.05) is 25.8 Å². The Bertz CT molecular complexity index is 277. The first-order valence-electron chi connectivity index (χ1n) is 6.90. The second kappa shape index (κ2) is 6.50. The van der Waals surface area contributed by atoms with Crippen molar-refractivity contribution in [3.05, 3.63) is 0 Å². The lowest BCUT2D eigenvalue weighted by atomic mass is 9.75. The van der Waals surface area contributed by atoms with Crippen molar-refractivity contribution in [3.8, 4) is 0 Å². The molecule has 0 aromatic carbocycles. The van der Waals surface area contributed by atoms with Crippen LogP contribution in [0.2, 0.25) is 0 Å². The minimum absolute atomic E-state index is 0.0192. The Kier molecular flexibility index (Phi) is 4.97. The van der Waals surface area contributed by atoms with Crippen LogP contribution in [0.5, 0.6) is 0 Å². The summed E-state index contributed by atoms with van der Waals surface area (Å²) in [6, 6.07) is 0.582. The predicted molar refractivity (Wildman–Crippen MR) is 68.1 cm³/mol. The van der Waals surface area contributed by atoms with Crippen molar-refractivity contribution in [1.29, 1.82) is 0 Å². The quantitative estimate of drug-likeness (QED) is 0.676. The molecule has 18 heavy (non-hydrogen) atoms. The topological polar surface area (TPSA) is 73.6 Å². The highest BCUT2D eigenvalue weighted by Gasteiger charge is 2.43. The molecule has 5 nitrogen and oxygen atoms in total. The van der Waals surface area contributed by atoms with Gasteiger partial charge in [-0.05, 0) is 31.1 Å². The monoisotopic (exact) mass is 256 g/mol. The molecule has 1 atom stereocenters. The van der Waals surface area contributed by atoms with Gasteiger partial charge in [0.1, 0.15) is 6.61 Å². The summed E-state index contributed by atoms with van der Waals surface area (Å²) in [5.41, 5.74) is 5.46. The molecule has 1 aliphatic carbocycles. The third-order valence-corrected chi connectivity index (χ3v) is 4.28. The van der Waals surface area contributed by atoms with Crippen LogP contribution in [-0.4, -0.2) is 44.9 Å². The third kappa shape index (κ3) is 3.43. The molecule has 2 fully saturated rings. The molecule has 104 valence electrons. The highest BCUT2D eigenvalue weighted by molar-refractivity contribution is 5.74. The van der Waals surface area contributed by atoms with E-state index in [1.807, 2.05) is 0 Å². The van der Waals surface area contributed by atoms with E-state index in [0.29, 0.717) is 18.1 Å². The van der Waals surface area contributed by atoms with Crippen molar-refractivity contribution in [2.75, 3.05) is 33.0 Å². The van der Waals surface area contributed by atoms with Gasteiger partial charge >= 0.3 is 0 Å². The predicted octanol–water partition coefficient (Wildman–Crippen LogP) is 0.427. The molecule has 0 aromatic heterocycles. The van der Waals surface area contributed by atoms with Crippen molar-refractivity contribution in [1.82, 2.24) is 5.32 Å². The van der Waals surface area contributed by atoms with Gasteiger partial charge in [-0.2, -0.15) is 0 Å². The molecular formula is C13H24N2O3. The second-order valence-corrected chi connectivity index (χ2v) is 5.39. The standard InChI is InChI=1S/C13H24N2O3/c14-12(16)10-18-9-6-15-11-2-1-3-13(11)4-7-17-8-5-13/h11,15H,1-10H2,(H2,14,16). The van der Waals surface area contributed by atoms with E-state index in [1.54, 1.807) is 0 Å². The molecule has 1 saturated carbocycles. The molecular weight excluding hydrogens is 232 g/mol. The van der Waals surface area contributed by atoms with Crippen molar-refractivity contribution in [2.24, 2.45) is 11.1 Å². The van der Waals surface area contributed by atoms with Crippen molar-refractivity contribution >= 4 is 5.91 Å². The number of carbonyl (C=O) groups excluding carboxylic acids is 1. The van der Waals surface area contributed by atoms with Gasteiger partial charge in [-0.25, -0.2) is 0 Å². The Labute approximate surface area is 108 Å². The Balaban J connectivity index is 1.69. The lowest BCUT2D eigenvalue weighted by Gasteiger charge is -2.39. The Morgan fingerprint density at radius 2 is 2.17 bits per heavy atom. The minimum atomic E-state index is -0.406. The number of primary amides is 1. The van der Waals surface area contributed by atoms with Gasteiger partial charge in [0.15, 0.2) is 0 Å². The van der Waals surface area contributed by atoms with Gasteiger partial charge in [0.25, 0.3) is 0 Å². The molecule has 5 heteroatoms. The summed E-state index contributed by atoms with van der Waals surface area (Å²) in [5.74, 6) is -0.406. The molecule has 0 aromatic rings. The number of rotatable bonds is 6. The fourth-order valence-corrected chi connectivity index (χ4v) is 3.31. The van der Waals surface area contributed by atoms with Crippen LogP contribution in [0, 0.1) is 5.41 Å². The zero-order chi connectivity index (χ0) is 12.8. The number of amides is 1. The molecule has 0 bridgehead atoms. The van der Waals surface area contributed by atoms with E-state index in [1.165, 1.54) is 32.1 Å². The summed E-state index contributed by atoms with van der Waals surface area (Å²) in [5, 5.41) is 3.58.